The highest BCUT2D eigenvalue weighted by Gasteiger charge is 2.19. The molecule has 0 atom stereocenters. The molecule has 24 heavy (non-hydrogen) atoms. The summed E-state index contributed by atoms with van der Waals surface area (Å²) in [7, 11) is 0. The van der Waals surface area contributed by atoms with Gasteiger partial charge in [0, 0.05) is 35.8 Å². The number of carbonyl (C=O) groups is 2. The molecule has 0 aliphatic carbocycles. The van der Waals surface area contributed by atoms with Gasteiger partial charge in [0.05, 0.1) is 12.1 Å². The molecule has 0 saturated carbocycles. The van der Waals surface area contributed by atoms with E-state index < -0.39 is 0 Å². The zero-order valence-corrected chi connectivity index (χ0v) is 14.0. The van der Waals surface area contributed by atoms with E-state index in [4.69, 9.17) is 10.2 Å². The topological polar surface area (TPSA) is 88.6 Å². The molecule has 126 valence electrons. The van der Waals surface area contributed by atoms with Gasteiger partial charge in [-0.3, -0.25) is 9.59 Å². The number of amides is 2. The smallest absolute Gasteiger partial charge is 0.258 e. The van der Waals surface area contributed by atoms with E-state index in [0.29, 0.717) is 22.6 Å². The van der Waals surface area contributed by atoms with Crippen LogP contribution in [0.4, 0.5) is 5.69 Å². The Bertz CT molecular complexity index is 738. The molecule has 7 heteroatoms. The van der Waals surface area contributed by atoms with Crippen molar-refractivity contribution in [2.24, 2.45) is 5.73 Å². The first-order valence-corrected chi connectivity index (χ1v) is 8.89. The minimum absolute atomic E-state index is 0.000119. The maximum atomic E-state index is 12.5. The highest BCUT2D eigenvalue weighted by molar-refractivity contribution is 7.99. The van der Waals surface area contributed by atoms with Crippen LogP contribution in [0.15, 0.2) is 41.0 Å². The third-order valence-corrected chi connectivity index (χ3v) is 4.73. The van der Waals surface area contributed by atoms with Crippen LogP contribution in [0.1, 0.15) is 26.5 Å². The highest BCUT2D eigenvalue weighted by Crippen LogP contribution is 2.17. The zero-order valence-electron chi connectivity index (χ0n) is 13.2. The van der Waals surface area contributed by atoms with Gasteiger partial charge in [-0.25, -0.2) is 0 Å². The van der Waals surface area contributed by atoms with E-state index in [1.165, 1.54) is 6.26 Å². The van der Waals surface area contributed by atoms with Crippen molar-refractivity contribution in [3.8, 4) is 0 Å². The summed E-state index contributed by atoms with van der Waals surface area (Å²) >= 11 is 1.86. The number of benzene rings is 1. The van der Waals surface area contributed by atoms with Crippen molar-refractivity contribution in [3.63, 3.8) is 0 Å². The second-order valence-corrected chi connectivity index (χ2v) is 6.67. The molecule has 1 aliphatic rings. The van der Waals surface area contributed by atoms with Crippen molar-refractivity contribution in [1.29, 1.82) is 0 Å². The fraction of sp³-hybridized carbons (Fsp3) is 0.294. The van der Waals surface area contributed by atoms with Gasteiger partial charge in [0.1, 0.15) is 12.0 Å². The molecule has 2 amide bonds. The summed E-state index contributed by atoms with van der Waals surface area (Å²) in [5.41, 5.74) is 7.03. The average molecular weight is 345 g/mol. The van der Waals surface area contributed by atoms with E-state index in [1.807, 2.05) is 16.7 Å². The van der Waals surface area contributed by atoms with Gasteiger partial charge in [0.2, 0.25) is 0 Å². The van der Waals surface area contributed by atoms with Gasteiger partial charge in [-0.05, 0) is 24.3 Å². The molecule has 2 heterocycles. The molecule has 0 radical (unpaired) electrons. The van der Waals surface area contributed by atoms with E-state index in [1.54, 1.807) is 30.3 Å². The summed E-state index contributed by atoms with van der Waals surface area (Å²) in [6.07, 6.45) is 1.37. The van der Waals surface area contributed by atoms with Crippen LogP contribution in [0.5, 0.6) is 0 Å². The minimum atomic E-state index is -0.294. The Morgan fingerprint density at radius 1 is 1.21 bits per heavy atom. The molecular formula is C17H19N3O3S. The van der Waals surface area contributed by atoms with Crippen LogP contribution in [0.2, 0.25) is 0 Å². The van der Waals surface area contributed by atoms with Gasteiger partial charge in [-0.1, -0.05) is 6.07 Å². The van der Waals surface area contributed by atoms with Crippen molar-refractivity contribution >= 4 is 29.3 Å². The Morgan fingerprint density at radius 2 is 2.00 bits per heavy atom. The van der Waals surface area contributed by atoms with Gasteiger partial charge in [-0.2, -0.15) is 11.8 Å². The molecule has 3 rings (SSSR count). The standard InChI is InChI=1S/C17H19N3O3S/c18-10-15-9-13(11-23-15)16(21)19-14-3-1-2-12(8-14)17(22)20-4-6-24-7-5-20/h1-3,8-9,11H,4-7,10,18H2,(H,19,21). The predicted molar refractivity (Wildman–Crippen MR) is 94.2 cm³/mol. The van der Waals surface area contributed by atoms with Gasteiger partial charge >= 0.3 is 0 Å². The number of nitrogens with two attached hydrogens (primary N) is 1. The van der Waals surface area contributed by atoms with Crippen LogP contribution in [0.25, 0.3) is 0 Å². The second-order valence-electron chi connectivity index (χ2n) is 5.45. The minimum Gasteiger partial charge on any atom is -0.467 e. The first kappa shape index (κ1) is 16.6. The van der Waals surface area contributed by atoms with Crippen LogP contribution in [-0.4, -0.2) is 41.3 Å². The lowest BCUT2D eigenvalue weighted by molar-refractivity contribution is 0.0772. The first-order valence-electron chi connectivity index (χ1n) is 7.73. The lowest BCUT2D eigenvalue weighted by atomic mass is 10.1. The number of carbonyl (C=O) groups excluding carboxylic acids is 2. The molecule has 0 unspecified atom stereocenters. The Morgan fingerprint density at radius 3 is 2.71 bits per heavy atom. The van der Waals surface area contributed by atoms with Crippen molar-refractivity contribution in [3.05, 3.63) is 53.5 Å². The van der Waals surface area contributed by atoms with Crippen LogP contribution >= 0.6 is 11.8 Å². The third kappa shape index (κ3) is 3.80. The normalized spacial score (nSPS) is 14.5. The molecule has 1 aliphatic heterocycles. The second kappa shape index (κ2) is 7.55. The van der Waals surface area contributed by atoms with Crippen molar-refractivity contribution < 1.29 is 14.0 Å². The number of hydrogen-bond acceptors (Lipinski definition) is 5. The van der Waals surface area contributed by atoms with Crippen LogP contribution in [0.3, 0.4) is 0 Å². The van der Waals surface area contributed by atoms with Gasteiger partial charge < -0.3 is 20.4 Å². The number of nitrogens with one attached hydrogen (secondary N) is 1. The Hall–Kier alpha value is -2.25. The van der Waals surface area contributed by atoms with E-state index in [-0.39, 0.29) is 18.4 Å². The first-order chi connectivity index (χ1) is 11.7. The Balaban J connectivity index is 1.70. The maximum Gasteiger partial charge on any atom is 0.258 e. The molecule has 1 fully saturated rings. The average Bonchev–Trinajstić information content (AvgIpc) is 3.11. The summed E-state index contributed by atoms with van der Waals surface area (Å²) in [5.74, 6) is 2.18. The lowest BCUT2D eigenvalue weighted by Gasteiger charge is -2.26. The number of furan rings is 1. The molecule has 2 aromatic rings. The van der Waals surface area contributed by atoms with E-state index in [0.717, 1.165) is 24.6 Å². The molecular weight excluding hydrogens is 326 g/mol. The summed E-state index contributed by atoms with van der Waals surface area (Å²) in [6, 6.07) is 8.60. The number of anilines is 1. The molecule has 6 nitrogen and oxygen atoms in total. The van der Waals surface area contributed by atoms with Crippen molar-refractivity contribution in [2.45, 2.75) is 6.54 Å². The zero-order chi connectivity index (χ0) is 16.9. The molecule has 1 aromatic carbocycles. The van der Waals surface area contributed by atoms with Gasteiger partial charge in [0.15, 0.2) is 0 Å². The molecule has 1 saturated heterocycles. The number of hydrogen-bond donors (Lipinski definition) is 2. The molecule has 3 N–H and O–H groups in total. The van der Waals surface area contributed by atoms with Gasteiger partial charge in [-0.15, -0.1) is 0 Å². The number of nitrogens with zero attached hydrogens (tertiary/aromatic N) is 1. The molecule has 1 aromatic heterocycles. The lowest BCUT2D eigenvalue weighted by Crippen LogP contribution is -2.37. The molecule has 0 bridgehead atoms. The largest absolute Gasteiger partial charge is 0.467 e. The maximum absolute atomic E-state index is 12.5. The van der Waals surface area contributed by atoms with Crippen molar-refractivity contribution in [1.82, 2.24) is 4.90 Å². The van der Waals surface area contributed by atoms with Crippen LogP contribution < -0.4 is 11.1 Å². The Labute approximate surface area is 144 Å². The van der Waals surface area contributed by atoms with Crippen LogP contribution in [0, 0.1) is 0 Å². The van der Waals surface area contributed by atoms with E-state index in [9.17, 15) is 9.59 Å². The summed E-state index contributed by atoms with van der Waals surface area (Å²) in [5, 5.41) is 2.78. The fourth-order valence-electron chi connectivity index (χ4n) is 2.49. The fourth-order valence-corrected chi connectivity index (χ4v) is 3.39. The quantitative estimate of drug-likeness (QED) is 0.887. The Kier molecular flexibility index (Phi) is 5.22. The summed E-state index contributed by atoms with van der Waals surface area (Å²) in [4.78, 5) is 26.6. The highest BCUT2D eigenvalue weighted by atomic mass is 32.2. The monoisotopic (exact) mass is 345 g/mol. The van der Waals surface area contributed by atoms with E-state index >= 15 is 0 Å². The third-order valence-electron chi connectivity index (χ3n) is 3.78. The summed E-state index contributed by atoms with van der Waals surface area (Å²) < 4.78 is 5.17. The van der Waals surface area contributed by atoms with E-state index in [2.05, 4.69) is 5.32 Å². The van der Waals surface area contributed by atoms with Crippen LogP contribution in [-0.2, 0) is 6.54 Å². The molecule has 0 spiro atoms. The van der Waals surface area contributed by atoms with Gasteiger partial charge in [0.25, 0.3) is 11.8 Å². The SMILES string of the molecule is NCc1cc(C(=O)Nc2cccc(C(=O)N3CCSCC3)c2)co1. The predicted octanol–water partition coefficient (Wildman–Crippen LogP) is 2.18. The van der Waals surface area contributed by atoms with Crippen molar-refractivity contribution in [2.75, 3.05) is 29.9 Å². The number of thioether (sulfide) groups is 1. The number of rotatable bonds is 4. The summed E-state index contributed by atoms with van der Waals surface area (Å²) in [6.45, 7) is 1.76.